The van der Waals surface area contributed by atoms with Gasteiger partial charge in [-0.3, -0.25) is 0 Å². The summed E-state index contributed by atoms with van der Waals surface area (Å²) < 4.78 is 40.5. The van der Waals surface area contributed by atoms with Crippen LogP contribution in [0.2, 0.25) is 0 Å². The molecule has 2 aromatic rings. The van der Waals surface area contributed by atoms with Gasteiger partial charge in [0.25, 0.3) is 0 Å². The second-order valence-corrected chi connectivity index (χ2v) is 4.31. The minimum Gasteiger partial charge on any atom is -0.468 e. The highest BCUT2D eigenvalue weighted by Gasteiger charge is 2.28. The van der Waals surface area contributed by atoms with Crippen LogP contribution in [0.25, 0.3) is 0 Å². The number of nitrogens with zero attached hydrogens (tertiary/aromatic N) is 3. The summed E-state index contributed by atoms with van der Waals surface area (Å²) in [4.78, 5) is 7.83. The van der Waals surface area contributed by atoms with Crippen LogP contribution in [0.3, 0.4) is 0 Å². The zero-order chi connectivity index (χ0) is 16.0. The van der Waals surface area contributed by atoms with Crippen LogP contribution >= 0.6 is 0 Å². The molecule has 0 unspecified atom stereocenters. The monoisotopic (exact) mass is 308 g/mol. The predicted octanol–water partition coefficient (Wildman–Crippen LogP) is 2.90. The number of anilines is 1. The lowest BCUT2D eigenvalue weighted by Crippen LogP contribution is -2.19. The van der Waals surface area contributed by atoms with Crippen LogP contribution in [-0.2, 0) is 6.54 Å². The number of hydrogen-bond acceptors (Lipinski definition) is 5. The van der Waals surface area contributed by atoms with Crippen LogP contribution in [0.1, 0.15) is 11.1 Å². The minimum absolute atomic E-state index is 0.0856. The molecule has 0 aliphatic carbocycles. The number of aromatic nitrogens is 2. The first-order chi connectivity index (χ1) is 10.5. The van der Waals surface area contributed by atoms with Crippen LogP contribution in [0.15, 0.2) is 36.7 Å². The van der Waals surface area contributed by atoms with E-state index < -0.39 is 12.8 Å². The Balaban J connectivity index is 1.87. The van der Waals surface area contributed by atoms with Gasteiger partial charge < -0.3 is 10.1 Å². The molecule has 0 spiro atoms. The van der Waals surface area contributed by atoms with Crippen molar-refractivity contribution in [2.75, 3.05) is 11.9 Å². The lowest BCUT2D eigenvalue weighted by Gasteiger charge is -2.09. The summed E-state index contributed by atoms with van der Waals surface area (Å²) in [5.41, 5.74) is 1.21. The SMILES string of the molecule is N#Cc1ccc(NCc2ccc(OCC(F)(F)F)nc2)nc1. The van der Waals surface area contributed by atoms with Gasteiger partial charge >= 0.3 is 6.18 Å². The molecule has 0 saturated carbocycles. The van der Waals surface area contributed by atoms with Gasteiger partial charge in [0.05, 0.1) is 5.56 Å². The molecule has 0 amide bonds. The van der Waals surface area contributed by atoms with E-state index >= 15 is 0 Å². The molecule has 1 N–H and O–H groups in total. The third-order valence-electron chi connectivity index (χ3n) is 2.55. The Morgan fingerprint density at radius 2 is 1.95 bits per heavy atom. The van der Waals surface area contributed by atoms with Crippen molar-refractivity contribution in [3.63, 3.8) is 0 Å². The third-order valence-corrected chi connectivity index (χ3v) is 2.55. The van der Waals surface area contributed by atoms with E-state index in [1.165, 1.54) is 18.5 Å². The maximum Gasteiger partial charge on any atom is 0.422 e. The molecule has 8 heteroatoms. The van der Waals surface area contributed by atoms with Gasteiger partial charge in [-0.25, -0.2) is 9.97 Å². The van der Waals surface area contributed by atoms with Gasteiger partial charge in [0.2, 0.25) is 5.88 Å². The molecule has 0 fully saturated rings. The van der Waals surface area contributed by atoms with Crippen LogP contribution in [0.5, 0.6) is 5.88 Å². The fourth-order valence-electron chi connectivity index (χ4n) is 1.51. The molecule has 0 atom stereocenters. The summed E-state index contributed by atoms with van der Waals surface area (Å²) in [5.74, 6) is 0.494. The number of halogens is 3. The normalized spacial score (nSPS) is 10.8. The molecule has 2 aromatic heterocycles. The highest BCUT2D eigenvalue weighted by molar-refractivity contribution is 5.39. The number of rotatable bonds is 5. The second-order valence-electron chi connectivity index (χ2n) is 4.31. The van der Waals surface area contributed by atoms with Gasteiger partial charge in [0.15, 0.2) is 6.61 Å². The van der Waals surface area contributed by atoms with Crippen molar-refractivity contribution < 1.29 is 17.9 Å². The van der Waals surface area contributed by atoms with E-state index in [1.807, 2.05) is 6.07 Å². The highest BCUT2D eigenvalue weighted by atomic mass is 19.4. The molecule has 5 nitrogen and oxygen atoms in total. The Kier molecular flexibility index (Phi) is 4.78. The smallest absolute Gasteiger partial charge is 0.422 e. The quantitative estimate of drug-likeness (QED) is 0.919. The number of alkyl halides is 3. The average molecular weight is 308 g/mol. The van der Waals surface area contributed by atoms with Crippen molar-refractivity contribution in [1.29, 1.82) is 5.26 Å². The van der Waals surface area contributed by atoms with E-state index in [2.05, 4.69) is 20.0 Å². The number of nitriles is 1. The van der Waals surface area contributed by atoms with Crippen LogP contribution in [0, 0.1) is 11.3 Å². The van der Waals surface area contributed by atoms with E-state index in [-0.39, 0.29) is 5.88 Å². The van der Waals surface area contributed by atoms with Gasteiger partial charge in [-0.2, -0.15) is 18.4 Å². The largest absolute Gasteiger partial charge is 0.468 e. The molecule has 114 valence electrons. The summed E-state index contributed by atoms with van der Waals surface area (Å²) in [6, 6.07) is 8.23. The molecular weight excluding hydrogens is 297 g/mol. The van der Waals surface area contributed by atoms with Crippen molar-refractivity contribution in [2.24, 2.45) is 0 Å². The third kappa shape index (κ3) is 4.94. The molecule has 22 heavy (non-hydrogen) atoms. The van der Waals surface area contributed by atoms with E-state index in [9.17, 15) is 13.2 Å². The Morgan fingerprint density at radius 3 is 2.50 bits per heavy atom. The zero-order valence-electron chi connectivity index (χ0n) is 11.3. The summed E-state index contributed by atoms with van der Waals surface area (Å²) in [6.45, 7) is -0.974. The second kappa shape index (κ2) is 6.76. The average Bonchev–Trinajstić information content (AvgIpc) is 2.52. The summed E-state index contributed by atoms with van der Waals surface area (Å²) >= 11 is 0. The van der Waals surface area contributed by atoms with Gasteiger partial charge in [0.1, 0.15) is 11.9 Å². The van der Waals surface area contributed by atoms with E-state index in [4.69, 9.17) is 5.26 Å². The Bertz CT molecular complexity index is 648. The maximum absolute atomic E-state index is 12.0. The summed E-state index contributed by atoms with van der Waals surface area (Å²) in [7, 11) is 0. The first kappa shape index (κ1) is 15.6. The fraction of sp³-hybridized carbons (Fsp3) is 0.214. The number of ether oxygens (including phenoxy) is 1. The molecule has 0 aliphatic heterocycles. The lowest BCUT2D eigenvalue weighted by molar-refractivity contribution is -0.154. The van der Waals surface area contributed by atoms with Gasteiger partial charge in [0, 0.05) is 25.0 Å². The van der Waals surface area contributed by atoms with Crippen molar-refractivity contribution in [1.82, 2.24) is 9.97 Å². The minimum atomic E-state index is -4.39. The molecule has 0 aliphatic rings. The summed E-state index contributed by atoms with van der Waals surface area (Å²) in [6.07, 6.45) is -1.53. The van der Waals surface area contributed by atoms with Crippen molar-refractivity contribution >= 4 is 5.82 Å². The van der Waals surface area contributed by atoms with Gasteiger partial charge in [-0.1, -0.05) is 6.07 Å². The Hall–Kier alpha value is -2.82. The first-order valence-electron chi connectivity index (χ1n) is 6.21. The van der Waals surface area contributed by atoms with E-state index in [0.717, 1.165) is 5.56 Å². The molecule has 2 rings (SSSR count). The number of hydrogen-bond donors (Lipinski definition) is 1. The first-order valence-corrected chi connectivity index (χ1v) is 6.21. The lowest BCUT2D eigenvalue weighted by atomic mass is 10.2. The van der Waals surface area contributed by atoms with Crippen molar-refractivity contribution in [2.45, 2.75) is 12.7 Å². The van der Waals surface area contributed by atoms with Crippen LogP contribution in [-0.4, -0.2) is 22.8 Å². The zero-order valence-corrected chi connectivity index (χ0v) is 11.3. The fourth-order valence-corrected chi connectivity index (χ4v) is 1.51. The molecule has 2 heterocycles. The van der Waals surface area contributed by atoms with Crippen molar-refractivity contribution in [3.05, 3.63) is 47.8 Å². The van der Waals surface area contributed by atoms with E-state index in [0.29, 0.717) is 17.9 Å². The molecule has 0 aromatic carbocycles. The molecule has 0 bridgehead atoms. The maximum atomic E-state index is 12.0. The van der Waals surface area contributed by atoms with Crippen molar-refractivity contribution in [3.8, 4) is 11.9 Å². The molecular formula is C14H11F3N4O. The molecule has 0 radical (unpaired) electrons. The van der Waals surface area contributed by atoms with Crippen LogP contribution < -0.4 is 10.1 Å². The van der Waals surface area contributed by atoms with Gasteiger partial charge in [-0.05, 0) is 17.7 Å². The van der Waals surface area contributed by atoms with E-state index in [1.54, 1.807) is 18.2 Å². The Morgan fingerprint density at radius 1 is 1.14 bits per heavy atom. The highest BCUT2D eigenvalue weighted by Crippen LogP contribution is 2.17. The Labute approximate surface area is 124 Å². The number of pyridine rings is 2. The molecule has 0 saturated heterocycles. The van der Waals surface area contributed by atoms with Gasteiger partial charge in [-0.15, -0.1) is 0 Å². The standard InChI is InChI=1S/C14H11F3N4O/c15-14(16,17)9-22-13-4-2-11(8-21-13)7-20-12-3-1-10(5-18)6-19-12/h1-4,6,8H,7,9H2,(H,19,20). The predicted molar refractivity (Wildman–Crippen MR) is 72.1 cm³/mol. The van der Waals surface area contributed by atoms with Crippen LogP contribution in [0.4, 0.5) is 19.0 Å². The number of nitrogens with one attached hydrogen (secondary N) is 1. The summed E-state index contributed by atoms with van der Waals surface area (Å²) in [5, 5.41) is 11.7. The topological polar surface area (TPSA) is 70.8 Å².